The Morgan fingerprint density at radius 3 is 2.63 bits per heavy atom. The lowest BCUT2D eigenvalue weighted by Crippen LogP contribution is -2.10. The third kappa shape index (κ3) is 4.00. The molecule has 0 fully saturated rings. The normalized spacial score (nSPS) is 10.3. The number of carbonyl (C=O) groups is 1. The van der Waals surface area contributed by atoms with E-state index in [1.165, 1.54) is 12.1 Å². The lowest BCUT2D eigenvalue weighted by molar-refractivity contribution is -0.142. The van der Waals surface area contributed by atoms with Crippen LogP contribution in [-0.2, 0) is 21.3 Å². The molecule has 0 atom stereocenters. The molecule has 0 aliphatic carbocycles. The molecule has 1 aromatic carbocycles. The first-order chi connectivity index (χ1) is 9.03. The van der Waals surface area contributed by atoms with Crippen molar-refractivity contribution in [3.8, 4) is 6.07 Å². The molecular formula is C13H12BrF2NO2. The number of nitrogens with zero attached hydrogens (tertiary/aromatic N) is 1. The summed E-state index contributed by atoms with van der Waals surface area (Å²) < 4.78 is 30.4. The molecule has 0 saturated carbocycles. The number of halogens is 3. The molecule has 0 heterocycles. The van der Waals surface area contributed by atoms with E-state index in [4.69, 9.17) is 10.00 Å². The summed E-state index contributed by atoms with van der Waals surface area (Å²) in [5.41, 5.74) is 0.655. The topological polar surface area (TPSA) is 50.1 Å². The van der Waals surface area contributed by atoms with Crippen LogP contribution in [0.5, 0.6) is 0 Å². The molecule has 0 radical (unpaired) electrons. The zero-order chi connectivity index (χ0) is 14.4. The van der Waals surface area contributed by atoms with Crippen molar-refractivity contribution in [3.05, 3.63) is 34.4 Å². The summed E-state index contributed by atoms with van der Waals surface area (Å²) in [5.74, 6) is -0.446. The standard InChI is InChI=1S/C13H12BrF2NO2/c1-2-19-12(18)5-8-3-10(7-17)11(13(15)16)4-9(8)6-14/h3-4,13H,2,5-6H2,1H3. The Morgan fingerprint density at radius 1 is 1.47 bits per heavy atom. The highest BCUT2D eigenvalue weighted by Crippen LogP contribution is 2.27. The minimum atomic E-state index is -2.72. The van der Waals surface area contributed by atoms with Crippen molar-refractivity contribution in [2.45, 2.75) is 25.1 Å². The summed E-state index contributed by atoms with van der Waals surface area (Å²) >= 11 is 3.19. The van der Waals surface area contributed by atoms with Gasteiger partial charge in [-0.05, 0) is 30.2 Å². The van der Waals surface area contributed by atoms with E-state index < -0.39 is 12.4 Å². The van der Waals surface area contributed by atoms with Gasteiger partial charge in [-0.1, -0.05) is 15.9 Å². The highest BCUT2D eigenvalue weighted by molar-refractivity contribution is 9.08. The minimum Gasteiger partial charge on any atom is -0.466 e. The van der Waals surface area contributed by atoms with Gasteiger partial charge in [0, 0.05) is 10.9 Å². The van der Waals surface area contributed by atoms with Crippen LogP contribution in [0.15, 0.2) is 12.1 Å². The van der Waals surface area contributed by atoms with Gasteiger partial charge in [-0.15, -0.1) is 0 Å². The van der Waals surface area contributed by atoms with Crippen molar-refractivity contribution in [1.82, 2.24) is 0 Å². The summed E-state index contributed by atoms with van der Waals surface area (Å²) in [6, 6.07) is 4.31. The molecule has 0 amide bonds. The van der Waals surface area contributed by atoms with Crippen molar-refractivity contribution in [2.75, 3.05) is 6.61 Å². The van der Waals surface area contributed by atoms with Gasteiger partial charge in [0.05, 0.1) is 24.7 Å². The first-order valence-electron chi connectivity index (χ1n) is 5.59. The number of rotatable bonds is 5. The number of alkyl halides is 3. The Labute approximate surface area is 118 Å². The molecule has 0 aromatic heterocycles. The van der Waals surface area contributed by atoms with Crippen LogP contribution < -0.4 is 0 Å². The Bertz CT molecular complexity index is 512. The Kier molecular flexibility index (Phi) is 5.90. The second kappa shape index (κ2) is 7.19. The van der Waals surface area contributed by atoms with Gasteiger partial charge < -0.3 is 4.74 Å². The van der Waals surface area contributed by atoms with Gasteiger partial charge in [-0.3, -0.25) is 4.79 Å². The van der Waals surface area contributed by atoms with Crippen LogP contribution in [0.3, 0.4) is 0 Å². The van der Waals surface area contributed by atoms with Crippen LogP contribution >= 0.6 is 15.9 Å². The first kappa shape index (κ1) is 15.6. The SMILES string of the molecule is CCOC(=O)Cc1cc(C#N)c(C(F)F)cc1CBr. The predicted molar refractivity (Wildman–Crippen MR) is 69.1 cm³/mol. The molecule has 0 spiro atoms. The zero-order valence-electron chi connectivity index (χ0n) is 10.3. The van der Waals surface area contributed by atoms with Crippen LogP contribution in [-0.4, -0.2) is 12.6 Å². The smallest absolute Gasteiger partial charge is 0.310 e. The zero-order valence-corrected chi connectivity index (χ0v) is 11.8. The maximum Gasteiger partial charge on any atom is 0.310 e. The van der Waals surface area contributed by atoms with Crippen molar-refractivity contribution in [3.63, 3.8) is 0 Å². The van der Waals surface area contributed by atoms with E-state index in [1.54, 1.807) is 13.0 Å². The molecule has 0 aliphatic rings. The molecule has 0 unspecified atom stereocenters. The average molecular weight is 332 g/mol. The maximum atomic E-state index is 12.8. The Hall–Kier alpha value is -1.48. The number of hydrogen-bond acceptors (Lipinski definition) is 3. The average Bonchev–Trinajstić information content (AvgIpc) is 2.38. The van der Waals surface area contributed by atoms with Crippen LogP contribution in [0.2, 0.25) is 0 Å². The van der Waals surface area contributed by atoms with Gasteiger partial charge in [-0.25, -0.2) is 8.78 Å². The van der Waals surface area contributed by atoms with Crippen LogP contribution in [0.4, 0.5) is 8.78 Å². The van der Waals surface area contributed by atoms with Gasteiger partial charge in [-0.2, -0.15) is 5.26 Å². The quantitative estimate of drug-likeness (QED) is 0.613. The van der Waals surface area contributed by atoms with Crippen molar-refractivity contribution < 1.29 is 18.3 Å². The molecule has 19 heavy (non-hydrogen) atoms. The molecule has 0 aliphatic heterocycles. The summed E-state index contributed by atoms with van der Waals surface area (Å²) in [7, 11) is 0. The van der Waals surface area contributed by atoms with E-state index >= 15 is 0 Å². The molecule has 0 N–H and O–H groups in total. The fourth-order valence-corrected chi connectivity index (χ4v) is 2.16. The van der Waals surface area contributed by atoms with Crippen LogP contribution in [0.25, 0.3) is 0 Å². The van der Waals surface area contributed by atoms with Gasteiger partial charge >= 0.3 is 5.97 Å². The van der Waals surface area contributed by atoms with E-state index in [-0.39, 0.29) is 24.2 Å². The van der Waals surface area contributed by atoms with Gasteiger partial charge in [0.15, 0.2) is 0 Å². The third-order valence-electron chi connectivity index (χ3n) is 2.51. The van der Waals surface area contributed by atoms with E-state index in [9.17, 15) is 13.6 Å². The molecule has 102 valence electrons. The summed E-state index contributed by atoms with van der Waals surface area (Å²) in [4.78, 5) is 11.4. The number of carbonyl (C=O) groups excluding carboxylic acids is 1. The summed E-state index contributed by atoms with van der Waals surface area (Å²) in [6.45, 7) is 1.94. The lowest BCUT2D eigenvalue weighted by atomic mass is 9.98. The van der Waals surface area contributed by atoms with E-state index in [0.29, 0.717) is 16.5 Å². The minimum absolute atomic E-state index is 0.0348. The number of ether oxygens (including phenoxy) is 1. The molecule has 6 heteroatoms. The fourth-order valence-electron chi connectivity index (χ4n) is 1.64. The van der Waals surface area contributed by atoms with Crippen molar-refractivity contribution in [1.29, 1.82) is 5.26 Å². The molecule has 1 rings (SSSR count). The van der Waals surface area contributed by atoms with Crippen LogP contribution in [0, 0.1) is 11.3 Å². The number of benzene rings is 1. The van der Waals surface area contributed by atoms with E-state index in [1.807, 2.05) is 0 Å². The van der Waals surface area contributed by atoms with E-state index in [2.05, 4.69) is 15.9 Å². The molecule has 1 aromatic rings. The monoisotopic (exact) mass is 331 g/mol. The van der Waals surface area contributed by atoms with Crippen molar-refractivity contribution in [2.24, 2.45) is 0 Å². The van der Waals surface area contributed by atoms with Gasteiger partial charge in [0.2, 0.25) is 0 Å². The largest absolute Gasteiger partial charge is 0.466 e. The third-order valence-corrected chi connectivity index (χ3v) is 3.12. The van der Waals surface area contributed by atoms with Gasteiger partial charge in [0.1, 0.15) is 0 Å². The molecule has 0 bridgehead atoms. The second-order valence-corrected chi connectivity index (χ2v) is 4.30. The van der Waals surface area contributed by atoms with E-state index in [0.717, 1.165) is 0 Å². The highest BCUT2D eigenvalue weighted by Gasteiger charge is 2.18. The Morgan fingerprint density at radius 2 is 2.16 bits per heavy atom. The number of hydrogen-bond donors (Lipinski definition) is 0. The van der Waals surface area contributed by atoms with Gasteiger partial charge in [0.25, 0.3) is 6.43 Å². The summed E-state index contributed by atoms with van der Waals surface area (Å²) in [6.07, 6.45) is -2.75. The first-order valence-corrected chi connectivity index (χ1v) is 6.71. The van der Waals surface area contributed by atoms with Crippen LogP contribution in [0.1, 0.15) is 35.6 Å². The molecule has 3 nitrogen and oxygen atoms in total. The fraction of sp³-hybridized carbons (Fsp3) is 0.385. The number of esters is 1. The molecular weight excluding hydrogens is 320 g/mol. The lowest BCUT2D eigenvalue weighted by Gasteiger charge is -2.11. The van der Waals surface area contributed by atoms with Crippen molar-refractivity contribution >= 4 is 21.9 Å². The summed E-state index contributed by atoms with van der Waals surface area (Å²) in [5, 5.41) is 9.21. The predicted octanol–water partition coefficient (Wildman–Crippen LogP) is 3.50. The Balaban J connectivity index is 3.18. The second-order valence-electron chi connectivity index (χ2n) is 3.74. The maximum absolute atomic E-state index is 12.8. The highest BCUT2D eigenvalue weighted by atomic mass is 79.9. The molecule has 0 saturated heterocycles. The number of nitriles is 1.